The standard InChI is InChI=1S/C36H27Cl2N3O2S2/c37-25-15-17-29(31(38)19-25)34(42)40-26-12-7-13-27(20-26)44-33(23-10-5-2-6-11-23)35(43)41-36-30(21-39)28-16-14-24(18-32(28)45-36)22-8-3-1-4-9-22/h1-13,15,17,19-20,24,33H,14,16,18H2,(H,40,42)(H,41,43). The molecule has 2 amide bonds. The molecular formula is C36H27Cl2N3O2S2. The number of thioether (sulfide) groups is 1. The minimum atomic E-state index is -0.606. The Hall–Kier alpha value is -4.06. The van der Waals surface area contributed by atoms with Crippen molar-refractivity contribution in [3.05, 3.63) is 146 Å². The number of nitrogens with one attached hydrogen (secondary N) is 2. The molecule has 0 bridgehead atoms. The minimum Gasteiger partial charge on any atom is -0.322 e. The van der Waals surface area contributed by atoms with Crippen LogP contribution >= 0.6 is 46.3 Å². The largest absolute Gasteiger partial charge is 0.322 e. The SMILES string of the molecule is N#Cc1c(NC(=O)C(Sc2cccc(NC(=O)c3ccc(Cl)cc3Cl)c2)c2ccccc2)sc2c1CCC(c1ccccc1)C2. The van der Waals surface area contributed by atoms with Crippen molar-refractivity contribution >= 4 is 68.8 Å². The number of hydrogen-bond acceptors (Lipinski definition) is 5. The minimum absolute atomic E-state index is 0.219. The fraction of sp³-hybridized carbons (Fsp3) is 0.139. The smallest absolute Gasteiger partial charge is 0.257 e. The van der Waals surface area contributed by atoms with Crippen LogP contribution in [-0.2, 0) is 17.6 Å². The number of nitrogens with zero attached hydrogens (tertiary/aromatic N) is 1. The van der Waals surface area contributed by atoms with E-state index in [9.17, 15) is 14.9 Å². The first-order chi connectivity index (χ1) is 21.9. The van der Waals surface area contributed by atoms with Crippen molar-refractivity contribution in [1.82, 2.24) is 0 Å². The van der Waals surface area contributed by atoms with Crippen LogP contribution in [0.25, 0.3) is 0 Å². The maximum absolute atomic E-state index is 14.0. The van der Waals surface area contributed by atoms with Crippen LogP contribution in [0.3, 0.4) is 0 Å². The molecule has 2 atom stereocenters. The number of nitriles is 1. The topological polar surface area (TPSA) is 82.0 Å². The van der Waals surface area contributed by atoms with E-state index in [1.165, 1.54) is 34.7 Å². The van der Waals surface area contributed by atoms with Crippen LogP contribution in [-0.4, -0.2) is 11.8 Å². The number of amides is 2. The van der Waals surface area contributed by atoms with Gasteiger partial charge in [0.25, 0.3) is 5.91 Å². The molecule has 6 rings (SSSR count). The Bertz CT molecular complexity index is 1910. The van der Waals surface area contributed by atoms with Gasteiger partial charge in [0.05, 0.1) is 16.1 Å². The van der Waals surface area contributed by atoms with Crippen molar-refractivity contribution < 1.29 is 9.59 Å². The van der Waals surface area contributed by atoms with E-state index in [2.05, 4.69) is 41.0 Å². The maximum atomic E-state index is 14.0. The lowest BCUT2D eigenvalue weighted by molar-refractivity contribution is -0.115. The number of halogens is 2. The molecule has 224 valence electrons. The second-order valence-electron chi connectivity index (χ2n) is 10.7. The second kappa shape index (κ2) is 13.9. The van der Waals surface area contributed by atoms with Crippen molar-refractivity contribution in [2.75, 3.05) is 10.6 Å². The molecule has 45 heavy (non-hydrogen) atoms. The van der Waals surface area contributed by atoms with Gasteiger partial charge in [-0.25, -0.2) is 0 Å². The van der Waals surface area contributed by atoms with Crippen LogP contribution in [0.5, 0.6) is 0 Å². The zero-order chi connectivity index (χ0) is 31.3. The molecule has 0 aliphatic heterocycles. The highest BCUT2D eigenvalue weighted by Crippen LogP contribution is 2.44. The van der Waals surface area contributed by atoms with Crippen molar-refractivity contribution in [3.63, 3.8) is 0 Å². The zero-order valence-electron chi connectivity index (χ0n) is 23.9. The summed E-state index contributed by atoms with van der Waals surface area (Å²) in [5.74, 6) is -0.191. The molecule has 0 saturated carbocycles. The van der Waals surface area contributed by atoms with Crippen molar-refractivity contribution in [1.29, 1.82) is 5.26 Å². The molecule has 0 fully saturated rings. The van der Waals surface area contributed by atoms with Gasteiger partial charge in [0.1, 0.15) is 16.3 Å². The highest BCUT2D eigenvalue weighted by molar-refractivity contribution is 8.00. The monoisotopic (exact) mass is 667 g/mol. The average Bonchev–Trinajstić information content (AvgIpc) is 3.40. The van der Waals surface area contributed by atoms with Crippen LogP contribution in [0.15, 0.2) is 108 Å². The molecule has 1 heterocycles. The number of carbonyl (C=O) groups is 2. The maximum Gasteiger partial charge on any atom is 0.257 e. The second-order valence-corrected chi connectivity index (χ2v) is 13.8. The van der Waals surface area contributed by atoms with Crippen LogP contribution < -0.4 is 10.6 Å². The third kappa shape index (κ3) is 7.11. The average molecular weight is 669 g/mol. The highest BCUT2D eigenvalue weighted by atomic mass is 35.5. The van der Waals surface area contributed by atoms with E-state index in [-0.39, 0.29) is 16.8 Å². The van der Waals surface area contributed by atoms with Gasteiger partial charge >= 0.3 is 0 Å². The van der Waals surface area contributed by atoms with E-state index in [1.807, 2.05) is 54.6 Å². The van der Waals surface area contributed by atoms with Crippen molar-refractivity contribution in [2.24, 2.45) is 0 Å². The van der Waals surface area contributed by atoms with Crippen LogP contribution in [0.1, 0.15) is 55.1 Å². The van der Waals surface area contributed by atoms with E-state index in [0.29, 0.717) is 32.8 Å². The van der Waals surface area contributed by atoms with Crippen molar-refractivity contribution in [2.45, 2.75) is 35.3 Å². The van der Waals surface area contributed by atoms with Gasteiger partial charge in [-0.3, -0.25) is 9.59 Å². The molecule has 5 nitrogen and oxygen atoms in total. The first kappa shape index (κ1) is 30.9. The zero-order valence-corrected chi connectivity index (χ0v) is 27.1. The van der Waals surface area contributed by atoms with E-state index in [1.54, 1.807) is 18.2 Å². The third-order valence-electron chi connectivity index (χ3n) is 7.75. The van der Waals surface area contributed by atoms with Gasteiger partial charge < -0.3 is 10.6 Å². The predicted molar refractivity (Wildman–Crippen MR) is 185 cm³/mol. The molecule has 0 radical (unpaired) electrons. The highest BCUT2D eigenvalue weighted by Gasteiger charge is 2.29. The Balaban J connectivity index is 1.22. The Kier molecular flexibility index (Phi) is 9.58. The summed E-state index contributed by atoms with van der Waals surface area (Å²) in [5.41, 5.74) is 4.62. The van der Waals surface area contributed by atoms with E-state index in [4.69, 9.17) is 23.2 Å². The lowest BCUT2D eigenvalue weighted by Gasteiger charge is -2.22. The van der Waals surface area contributed by atoms with E-state index in [0.717, 1.165) is 40.2 Å². The summed E-state index contributed by atoms with van der Waals surface area (Å²) >= 11 is 15.1. The number of hydrogen-bond donors (Lipinski definition) is 2. The summed E-state index contributed by atoms with van der Waals surface area (Å²) in [4.78, 5) is 28.8. The Morgan fingerprint density at radius 1 is 0.911 bits per heavy atom. The van der Waals surface area contributed by atoms with Gasteiger partial charge in [-0.05, 0) is 78.3 Å². The first-order valence-electron chi connectivity index (χ1n) is 14.4. The molecule has 9 heteroatoms. The fourth-order valence-electron chi connectivity index (χ4n) is 5.54. The summed E-state index contributed by atoms with van der Waals surface area (Å²) in [7, 11) is 0. The summed E-state index contributed by atoms with van der Waals surface area (Å²) in [6.07, 6.45) is 2.63. The Morgan fingerprint density at radius 2 is 1.67 bits per heavy atom. The quantitative estimate of drug-likeness (QED) is 0.161. The van der Waals surface area contributed by atoms with E-state index >= 15 is 0 Å². The number of fused-ring (bicyclic) bond motifs is 1. The Morgan fingerprint density at radius 3 is 2.40 bits per heavy atom. The fourth-order valence-corrected chi connectivity index (χ4v) is 8.39. The molecule has 1 aliphatic rings. The summed E-state index contributed by atoms with van der Waals surface area (Å²) < 4.78 is 0. The molecule has 0 saturated heterocycles. The van der Waals surface area contributed by atoms with Gasteiger partial charge in [-0.15, -0.1) is 23.1 Å². The lowest BCUT2D eigenvalue weighted by atomic mass is 9.83. The van der Waals surface area contributed by atoms with Gasteiger partial charge in [-0.2, -0.15) is 5.26 Å². The van der Waals surface area contributed by atoms with E-state index < -0.39 is 5.25 Å². The number of carbonyl (C=O) groups excluding carboxylic acids is 2. The van der Waals surface area contributed by atoms with Crippen LogP contribution in [0.4, 0.5) is 10.7 Å². The van der Waals surface area contributed by atoms with Crippen molar-refractivity contribution in [3.8, 4) is 6.07 Å². The number of thiophene rings is 1. The van der Waals surface area contributed by atoms with Crippen LogP contribution in [0, 0.1) is 11.3 Å². The molecular weight excluding hydrogens is 641 g/mol. The molecule has 2 unspecified atom stereocenters. The number of anilines is 2. The summed E-state index contributed by atoms with van der Waals surface area (Å²) in [6, 6.07) is 34.4. The van der Waals surface area contributed by atoms with Gasteiger partial charge in [0.15, 0.2) is 0 Å². The molecule has 5 aromatic rings. The Labute approximate surface area is 280 Å². The summed E-state index contributed by atoms with van der Waals surface area (Å²) in [5, 5.41) is 16.8. The van der Waals surface area contributed by atoms with Gasteiger partial charge in [-0.1, -0.05) is 89.9 Å². The predicted octanol–water partition coefficient (Wildman–Crippen LogP) is 9.92. The number of benzene rings is 4. The molecule has 2 N–H and O–H groups in total. The molecule has 4 aromatic carbocycles. The van der Waals surface area contributed by atoms with Gasteiger partial charge in [0.2, 0.25) is 5.91 Å². The normalized spacial score (nSPS) is 14.6. The molecule has 1 aromatic heterocycles. The summed E-state index contributed by atoms with van der Waals surface area (Å²) in [6.45, 7) is 0. The van der Waals surface area contributed by atoms with Gasteiger partial charge in [0, 0.05) is 20.5 Å². The third-order valence-corrected chi connectivity index (χ3v) is 10.7. The first-order valence-corrected chi connectivity index (χ1v) is 16.8. The van der Waals surface area contributed by atoms with Crippen LogP contribution in [0.2, 0.25) is 10.0 Å². The molecule has 0 spiro atoms. The number of rotatable bonds is 8. The molecule has 1 aliphatic carbocycles. The lowest BCUT2D eigenvalue weighted by Crippen LogP contribution is -2.19.